The minimum absolute atomic E-state index is 0.153. The van der Waals surface area contributed by atoms with Crippen molar-refractivity contribution in [3.63, 3.8) is 0 Å². The smallest absolute Gasteiger partial charge is 0.335 e. The third-order valence-corrected chi connectivity index (χ3v) is 6.70. The molecule has 0 atom stereocenters. The summed E-state index contributed by atoms with van der Waals surface area (Å²) in [6.07, 6.45) is 1.35. The van der Waals surface area contributed by atoms with Crippen LogP contribution in [0.2, 0.25) is 15.1 Å². The van der Waals surface area contributed by atoms with Gasteiger partial charge < -0.3 is 9.47 Å². The number of amides is 4. The van der Waals surface area contributed by atoms with E-state index in [0.29, 0.717) is 26.6 Å². The molecule has 0 aromatic heterocycles. The van der Waals surface area contributed by atoms with Gasteiger partial charge in [0.1, 0.15) is 12.2 Å². The summed E-state index contributed by atoms with van der Waals surface area (Å²) in [5.74, 6) is -0.854. The Balaban J connectivity index is 1.64. The number of barbiturate groups is 1. The molecular weight excluding hydrogens is 595 g/mol. The van der Waals surface area contributed by atoms with Gasteiger partial charge in [0, 0.05) is 5.02 Å². The zero-order chi connectivity index (χ0) is 26.0. The molecule has 1 heterocycles. The van der Waals surface area contributed by atoms with E-state index in [1.807, 2.05) is 12.1 Å². The average molecular weight is 611 g/mol. The minimum Gasteiger partial charge on any atom is -0.493 e. The summed E-state index contributed by atoms with van der Waals surface area (Å²) in [5, 5.41) is 3.20. The van der Waals surface area contributed by atoms with Crippen LogP contribution in [0.4, 0.5) is 10.5 Å². The second-order valence-corrected chi connectivity index (χ2v) is 9.61. The van der Waals surface area contributed by atoms with E-state index in [1.165, 1.54) is 31.4 Å². The summed E-state index contributed by atoms with van der Waals surface area (Å²) in [4.78, 5) is 38.9. The van der Waals surface area contributed by atoms with Gasteiger partial charge >= 0.3 is 6.03 Å². The van der Waals surface area contributed by atoms with Crippen LogP contribution in [-0.2, 0) is 16.2 Å². The fourth-order valence-corrected chi connectivity index (χ4v) is 4.37. The third kappa shape index (κ3) is 5.52. The first kappa shape index (κ1) is 26.0. The van der Waals surface area contributed by atoms with Gasteiger partial charge in [0.15, 0.2) is 11.5 Å². The minimum atomic E-state index is -0.898. The Bertz CT molecular complexity index is 1410. The van der Waals surface area contributed by atoms with Crippen LogP contribution in [0.15, 0.2) is 64.6 Å². The van der Waals surface area contributed by atoms with Crippen LogP contribution in [0.25, 0.3) is 6.08 Å². The molecule has 3 aromatic rings. The molecule has 0 bridgehead atoms. The first-order valence-corrected chi connectivity index (χ1v) is 12.2. The third-order valence-electron chi connectivity index (χ3n) is 5.12. The molecule has 0 radical (unpaired) electrons. The molecule has 11 heteroatoms. The maximum absolute atomic E-state index is 13.2. The molecule has 1 fully saturated rings. The zero-order valence-electron chi connectivity index (χ0n) is 18.5. The Morgan fingerprint density at radius 2 is 1.69 bits per heavy atom. The Morgan fingerprint density at radius 1 is 0.972 bits per heavy atom. The first-order valence-electron chi connectivity index (χ1n) is 10.3. The number of carbonyl (C=O) groups is 3. The summed E-state index contributed by atoms with van der Waals surface area (Å²) in [6, 6.07) is 13.8. The summed E-state index contributed by atoms with van der Waals surface area (Å²) < 4.78 is 11.9. The lowest BCUT2D eigenvalue weighted by atomic mass is 10.1. The number of benzene rings is 3. The van der Waals surface area contributed by atoms with Gasteiger partial charge in [-0.3, -0.25) is 14.9 Å². The molecular formula is C25H16BrCl3N2O5. The van der Waals surface area contributed by atoms with Crippen molar-refractivity contribution in [3.8, 4) is 11.5 Å². The summed E-state index contributed by atoms with van der Waals surface area (Å²) in [7, 11) is 1.47. The SMILES string of the molecule is COc1cc(/C=C2\C(=O)NC(=O)N(c3ccc(Cl)c(Cl)c3)C2=O)cc(Br)c1OCc1ccc(Cl)cc1. The molecule has 1 saturated heterocycles. The van der Waals surface area contributed by atoms with Crippen LogP contribution in [0.1, 0.15) is 11.1 Å². The van der Waals surface area contributed by atoms with Gasteiger partial charge in [0.2, 0.25) is 0 Å². The molecule has 1 aliphatic heterocycles. The number of urea groups is 1. The molecule has 4 rings (SSSR count). The lowest BCUT2D eigenvalue weighted by Crippen LogP contribution is -2.54. The Morgan fingerprint density at radius 3 is 2.36 bits per heavy atom. The van der Waals surface area contributed by atoms with E-state index in [2.05, 4.69) is 21.2 Å². The average Bonchev–Trinajstić information content (AvgIpc) is 2.84. The highest BCUT2D eigenvalue weighted by Crippen LogP contribution is 2.38. The van der Waals surface area contributed by atoms with Gasteiger partial charge in [0.05, 0.1) is 27.3 Å². The summed E-state index contributed by atoms with van der Waals surface area (Å²) in [5.41, 5.74) is 1.26. The van der Waals surface area contributed by atoms with Gasteiger partial charge in [0.25, 0.3) is 11.8 Å². The zero-order valence-corrected chi connectivity index (χ0v) is 22.3. The number of nitrogens with zero attached hydrogens (tertiary/aromatic N) is 1. The van der Waals surface area contributed by atoms with Crippen molar-refractivity contribution in [3.05, 3.63) is 90.8 Å². The normalized spacial score (nSPS) is 14.8. The van der Waals surface area contributed by atoms with Crippen molar-refractivity contribution in [1.29, 1.82) is 0 Å². The fraction of sp³-hybridized carbons (Fsp3) is 0.0800. The van der Waals surface area contributed by atoms with E-state index in [1.54, 1.807) is 24.3 Å². The van der Waals surface area contributed by atoms with E-state index in [4.69, 9.17) is 44.3 Å². The molecule has 0 saturated carbocycles. The van der Waals surface area contributed by atoms with Gasteiger partial charge in [-0.2, -0.15) is 0 Å². The van der Waals surface area contributed by atoms with Crippen LogP contribution in [0.5, 0.6) is 11.5 Å². The predicted octanol–water partition coefficient (Wildman–Crippen LogP) is 6.66. The van der Waals surface area contributed by atoms with E-state index >= 15 is 0 Å². The molecule has 3 aromatic carbocycles. The number of anilines is 1. The maximum atomic E-state index is 13.2. The molecule has 1 aliphatic rings. The van der Waals surface area contributed by atoms with Gasteiger partial charge in [-0.05, 0) is 75.6 Å². The topological polar surface area (TPSA) is 84.9 Å². The van der Waals surface area contributed by atoms with Crippen molar-refractivity contribution in [2.45, 2.75) is 6.61 Å². The number of nitrogens with one attached hydrogen (secondary N) is 1. The summed E-state index contributed by atoms with van der Waals surface area (Å²) >= 11 is 21.4. The van der Waals surface area contributed by atoms with Gasteiger partial charge in [-0.1, -0.05) is 46.9 Å². The van der Waals surface area contributed by atoms with E-state index in [0.717, 1.165) is 10.5 Å². The molecule has 0 aliphatic carbocycles. The number of hydrogen-bond donors (Lipinski definition) is 1. The number of ether oxygens (including phenoxy) is 2. The highest BCUT2D eigenvalue weighted by Gasteiger charge is 2.37. The van der Waals surface area contributed by atoms with Crippen LogP contribution in [0.3, 0.4) is 0 Å². The fourth-order valence-electron chi connectivity index (χ4n) is 3.38. The summed E-state index contributed by atoms with van der Waals surface area (Å²) in [6.45, 7) is 0.258. The van der Waals surface area contributed by atoms with Crippen LogP contribution < -0.4 is 19.7 Å². The van der Waals surface area contributed by atoms with Crippen molar-refractivity contribution in [2.75, 3.05) is 12.0 Å². The molecule has 36 heavy (non-hydrogen) atoms. The Labute approximate surface area is 229 Å². The van der Waals surface area contributed by atoms with Crippen molar-refractivity contribution in [1.82, 2.24) is 5.32 Å². The second-order valence-electron chi connectivity index (χ2n) is 7.51. The van der Waals surface area contributed by atoms with Crippen LogP contribution in [0, 0.1) is 0 Å². The van der Waals surface area contributed by atoms with Crippen LogP contribution in [-0.4, -0.2) is 25.0 Å². The molecule has 0 spiro atoms. The van der Waals surface area contributed by atoms with Gasteiger partial charge in [-0.25, -0.2) is 9.69 Å². The monoisotopic (exact) mass is 608 g/mol. The predicted molar refractivity (Wildman–Crippen MR) is 142 cm³/mol. The van der Waals surface area contributed by atoms with E-state index in [9.17, 15) is 14.4 Å². The number of rotatable bonds is 6. The number of carbonyl (C=O) groups excluding carboxylic acids is 3. The number of hydrogen-bond acceptors (Lipinski definition) is 5. The van der Waals surface area contributed by atoms with Crippen LogP contribution >= 0.6 is 50.7 Å². The molecule has 1 N–H and O–H groups in total. The van der Waals surface area contributed by atoms with Crippen molar-refractivity contribution in [2.24, 2.45) is 0 Å². The first-order chi connectivity index (χ1) is 17.2. The molecule has 4 amide bonds. The number of halogens is 4. The highest BCUT2D eigenvalue weighted by molar-refractivity contribution is 9.10. The largest absolute Gasteiger partial charge is 0.493 e. The second kappa shape index (κ2) is 10.9. The quantitative estimate of drug-likeness (QED) is 0.249. The van der Waals surface area contributed by atoms with E-state index < -0.39 is 17.8 Å². The molecule has 184 valence electrons. The lowest BCUT2D eigenvalue weighted by molar-refractivity contribution is -0.122. The van der Waals surface area contributed by atoms with Crippen molar-refractivity contribution >= 4 is 80.3 Å². The highest BCUT2D eigenvalue weighted by atomic mass is 79.9. The van der Waals surface area contributed by atoms with E-state index in [-0.39, 0.29) is 27.9 Å². The molecule has 0 unspecified atom stereocenters. The number of imide groups is 2. The lowest BCUT2D eigenvalue weighted by Gasteiger charge is -2.26. The molecule has 7 nitrogen and oxygen atoms in total. The standard InChI is InChI=1S/C25H16BrCl3N2O5/c1-35-21-10-14(9-18(26)22(21)36-12-13-2-4-15(27)5-3-13)8-17-23(32)30-25(34)31(24(17)33)16-6-7-19(28)20(29)11-16/h2-11H,12H2,1H3,(H,30,32,34)/b17-8+. The Hall–Kier alpha value is -3.04. The number of methoxy groups -OCH3 is 1. The Kier molecular flexibility index (Phi) is 7.90. The van der Waals surface area contributed by atoms with Gasteiger partial charge in [-0.15, -0.1) is 0 Å². The maximum Gasteiger partial charge on any atom is 0.335 e. The van der Waals surface area contributed by atoms with Crippen molar-refractivity contribution < 1.29 is 23.9 Å².